The zero-order valence-electron chi connectivity index (χ0n) is 11.5. The van der Waals surface area contributed by atoms with Crippen molar-refractivity contribution in [2.24, 2.45) is 24.8 Å². The second kappa shape index (κ2) is 5.21. The number of aromatic nitrogens is 2. The van der Waals surface area contributed by atoms with Crippen LogP contribution in [0.4, 0.5) is 0 Å². The number of rotatable bonds is 3. The quantitative estimate of drug-likeness (QED) is 0.873. The van der Waals surface area contributed by atoms with E-state index in [1.54, 1.807) is 0 Å². The first-order valence-electron chi connectivity index (χ1n) is 6.78. The Morgan fingerprint density at radius 1 is 1.35 bits per heavy atom. The minimum Gasteiger partial charge on any atom is -0.311 e. The van der Waals surface area contributed by atoms with Gasteiger partial charge in [-0.25, -0.2) is 0 Å². The lowest BCUT2D eigenvalue weighted by molar-refractivity contribution is 0.171. The van der Waals surface area contributed by atoms with Gasteiger partial charge in [0.05, 0.1) is 11.7 Å². The summed E-state index contributed by atoms with van der Waals surface area (Å²) in [5.74, 6) is 2.48. The van der Waals surface area contributed by atoms with Gasteiger partial charge in [-0.2, -0.15) is 5.10 Å². The van der Waals surface area contributed by atoms with E-state index in [4.69, 9.17) is 0 Å². The first kappa shape index (κ1) is 12.6. The molecule has 1 aromatic heterocycles. The summed E-state index contributed by atoms with van der Waals surface area (Å²) >= 11 is 0. The van der Waals surface area contributed by atoms with Crippen LogP contribution < -0.4 is 5.32 Å². The summed E-state index contributed by atoms with van der Waals surface area (Å²) in [5.41, 5.74) is 1.32. The van der Waals surface area contributed by atoms with Crippen LogP contribution in [-0.2, 0) is 7.05 Å². The van der Waals surface area contributed by atoms with Gasteiger partial charge in [-0.3, -0.25) is 4.68 Å². The molecule has 0 amide bonds. The maximum absolute atomic E-state index is 4.29. The van der Waals surface area contributed by atoms with Gasteiger partial charge in [0.2, 0.25) is 0 Å². The average Bonchev–Trinajstić information content (AvgIpc) is 2.71. The van der Waals surface area contributed by atoms with Crippen molar-refractivity contribution in [3.8, 4) is 0 Å². The van der Waals surface area contributed by atoms with E-state index in [0.29, 0.717) is 6.04 Å². The molecule has 0 bridgehead atoms. The van der Waals surface area contributed by atoms with Crippen molar-refractivity contribution < 1.29 is 0 Å². The molecule has 0 saturated heterocycles. The number of aryl methyl sites for hydroxylation is 1. The predicted molar refractivity (Wildman–Crippen MR) is 70.7 cm³/mol. The third-order valence-electron chi connectivity index (χ3n) is 4.60. The standard InChI is InChI=1S/C14H25N3/c1-10-5-6-12(9-11(10)2)14(15-3)13-7-8-16-17(13)4/h7-8,10-12,14-15H,5-6,9H2,1-4H3. The van der Waals surface area contributed by atoms with E-state index >= 15 is 0 Å². The molecular weight excluding hydrogens is 210 g/mol. The lowest BCUT2D eigenvalue weighted by atomic mass is 9.72. The monoisotopic (exact) mass is 235 g/mol. The molecule has 96 valence electrons. The maximum Gasteiger partial charge on any atom is 0.0553 e. The molecule has 3 heteroatoms. The zero-order valence-corrected chi connectivity index (χ0v) is 11.5. The van der Waals surface area contributed by atoms with Gasteiger partial charge in [-0.05, 0) is 43.7 Å². The molecule has 1 aliphatic carbocycles. The molecule has 1 heterocycles. The summed E-state index contributed by atoms with van der Waals surface area (Å²) in [4.78, 5) is 0. The van der Waals surface area contributed by atoms with Crippen LogP contribution >= 0.6 is 0 Å². The molecule has 4 atom stereocenters. The molecule has 1 saturated carbocycles. The average molecular weight is 235 g/mol. The molecule has 4 unspecified atom stereocenters. The lowest BCUT2D eigenvalue weighted by Crippen LogP contribution is -2.32. The summed E-state index contributed by atoms with van der Waals surface area (Å²) in [6.07, 6.45) is 5.93. The fraction of sp³-hybridized carbons (Fsp3) is 0.786. The zero-order chi connectivity index (χ0) is 12.4. The van der Waals surface area contributed by atoms with Gasteiger partial charge in [0.15, 0.2) is 0 Å². The Morgan fingerprint density at radius 3 is 2.65 bits per heavy atom. The molecular formula is C14H25N3. The fourth-order valence-electron chi connectivity index (χ4n) is 3.21. The molecule has 0 aromatic carbocycles. The van der Waals surface area contributed by atoms with E-state index in [-0.39, 0.29) is 0 Å². The summed E-state index contributed by atoms with van der Waals surface area (Å²) in [6, 6.07) is 2.60. The Morgan fingerprint density at radius 2 is 2.12 bits per heavy atom. The van der Waals surface area contributed by atoms with E-state index in [0.717, 1.165) is 17.8 Å². The van der Waals surface area contributed by atoms with Crippen LogP contribution in [0.1, 0.15) is 44.8 Å². The Bertz CT molecular complexity index is 358. The molecule has 1 aliphatic rings. The van der Waals surface area contributed by atoms with Crippen LogP contribution in [-0.4, -0.2) is 16.8 Å². The van der Waals surface area contributed by atoms with E-state index in [9.17, 15) is 0 Å². The topological polar surface area (TPSA) is 29.9 Å². The number of nitrogens with zero attached hydrogens (tertiary/aromatic N) is 2. The lowest BCUT2D eigenvalue weighted by Gasteiger charge is -2.36. The number of hydrogen-bond donors (Lipinski definition) is 1. The Balaban J connectivity index is 2.12. The van der Waals surface area contributed by atoms with E-state index in [1.165, 1.54) is 25.0 Å². The molecule has 1 fully saturated rings. The van der Waals surface area contributed by atoms with Crippen LogP contribution in [0.5, 0.6) is 0 Å². The van der Waals surface area contributed by atoms with Gasteiger partial charge in [0.25, 0.3) is 0 Å². The van der Waals surface area contributed by atoms with Crippen molar-refractivity contribution in [2.75, 3.05) is 7.05 Å². The van der Waals surface area contributed by atoms with Crippen LogP contribution in [0.25, 0.3) is 0 Å². The highest BCUT2D eigenvalue weighted by atomic mass is 15.3. The minimum absolute atomic E-state index is 0.456. The Labute approximate surface area is 105 Å². The number of nitrogens with one attached hydrogen (secondary N) is 1. The van der Waals surface area contributed by atoms with Gasteiger partial charge in [-0.15, -0.1) is 0 Å². The summed E-state index contributed by atoms with van der Waals surface area (Å²) < 4.78 is 2.00. The highest BCUT2D eigenvalue weighted by molar-refractivity contribution is 5.08. The van der Waals surface area contributed by atoms with E-state index < -0.39 is 0 Å². The first-order chi connectivity index (χ1) is 8.13. The molecule has 2 rings (SSSR count). The largest absolute Gasteiger partial charge is 0.311 e. The van der Waals surface area contributed by atoms with E-state index in [2.05, 4.69) is 37.4 Å². The van der Waals surface area contributed by atoms with E-state index in [1.807, 2.05) is 17.9 Å². The van der Waals surface area contributed by atoms with Crippen molar-refractivity contribution in [1.29, 1.82) is 0 Å². The van der Waals surface area contributed by atoms with Crippen molar-refractivity contribution in [2.45, 2.75) is 39.2 Å². The molecule has 0 radical (unpaired) electrons. The predicted octanol–water partition coefficient (Wildman–Crippen LogP) is 2.75. The fourth-order valence-corrected chi connectivity index (χ4v) is 3.21. The Hall–Kier alpha value is -0.830. The molecule has 17 heavy (non-hydrogen) atoms. The molecule has 1 aromatic rings. The molecule has 0 aliphatic heterocycles. The van der Waals surface area contributed by atoms with Crippen LogP contribution in [0.3, 0.4) is 0 Å². The van der Waals surface area contributed by atoms with Crippen LogP contribution in [0.2, 0.25) is 0 Å². The smallest absolute Gasteiger partial charge is 0.0553 e. The minimum atomic E-state index is 0.456. The van der Waals surface area contributed by atoms with Crippen molar-refractivity contribution in [3.05, 3.63) is 18.0 Å². The summed E-state index contributed by atoms with van der Waals surface area (Å²) in [5, 5.41) is 7.78. The van der Waals surface area contributed by atoms with Gasteiger partial charge >= 0.3 is 0 Å². The van der Waals surface area contributed by atoms with Crippen LogP contribution in [0, 0.1) is 17.8 Å². The molecule has 1 N–H and O–H groups in total. The van der Waals surface area contributed by atoms with Crippen LogP contribution in [0.15, 0.2) is 12.3 Å². The third kappa shape index (κ3) is 2.54. The molecule has 3 nitrogen and oxygen atoms in total. The highest BCUT2D eigenvalue weighted by Gasteiger charge is 2.31. The number of hydrogen-bond acceptors (Lipinski definition) is 2. The van der Waals surface area contributed by atoms with Gasteiger partial charge < -0.3 is 5.32 Å². The second-order valence-corrected chi connectivity index (χ2v) is 5.67. The second-order valence-electron chi connectivity index (χ2n) is 5.67. The third-order valence-corrected chi connectivity index (χ3v) is 4.60. The van der Waals surface area contributed by atoms with Gasteiger partial charge in [0.1, 0.15) is 0 Å². The normalized spacial score (nSPS) is 31.4. The van der Waals surface area contributed by atoms with Gasteiger partial charge in [-0.1, -0.05) is 20.3 Å². The molecule has 0 spiro atoms. The van der Waals surface area contributed by atoms with Crippen molar-refractivity contribution in [1.82, 2.24) is 15.1 Å². The summed E-state index contributed by atoms with van der Waals surface area (Å²) in [7, 11) is 4.11. The Kier molecular flexibility index (Phi) is 3.87. The maximum atomic E-state index is 4.29. The van der Waals surface area contributed by atoms with Crippen molar-refractivity contribution in [3.63, 3.8) is 0 Å². The summed E-state index contributed by atoms with van der Waals surface area (Å²) in [6.45, 7) is 4.78. The first-order valence-corrected chi connectivity index (χ1v) is 6.78. The SMILES string of the molecule is CNC(c1ccnn1C)C1CCC(C)C(C)C1. The van der Waals surface area contributed by atoms with Gasteiger partial charge in [0, 0.05) is 13.2 Å². The van der Waals surface area contributed by atoms with Crippen molar-refractivity contribution >= 4 is 0 Å². The highest BCUT2D eigenvalue weighted by Crippen LogP contribution is 2.39.